The van der Waals surface area contributed by atoms with Gasteiger partial charge in [0.2, 0.25) is 0 Å². The van der Waals surface area contributed by atoms with E-state index in [1.807, 2.05) is 0 Å². The summed E-state index contributed by atoms with van der Waals surface area (Å²) in [5.41, 5.74) is 4.07. The molecule has 2 heteroatoms. The van der Waals surface area contributed by atoms with Crippen molar-refractivity contribution < 1.29 is 0 Å². The molecular weight excluding hydrogens is 220 g/mol. The van der Waals surface area contributed by atoms with E-state index in [4.69, 9.17) is 0 Å². The SMILES string of the molecule is Cc1ccc(C(C)C)cc1NCCC1CCCN1. The smallest absolute Gasteiger partial charge is 0.0372 e. The first kappa shape index (κ1) is 13.4. The fourth-order valence-corrected chi connectivity index (χ4v) is 2.57. The molecule has 1 atom stereocenters. The Balaban J connectivity index is 1.89. The first-order chi connectivity index (χ1) is 8.66. The lowest BCUT2D eigenvalue weighted by Gasteiger charge is -2.15. The average Bonchev–Trinajstić information content (AvgIpc) is 2.84. The third kappa shape index (κ3) is 3.49. The zero-order chi connectivity index (χ0) is 13.0. The van der Waals surface area contributed by atoms with E-state index >= 15 is 0 Å². The number of aryl methyl sites for hydroxylation is 1. The van der Waals surface area contributed by atoms with Crippen molar-refractivity contribution in [3.63, 3.8) is 0 Å². The van der Waals surface area contributed by atoms with Gasteiger partial charge in [-0.25, -0.2) is 0 Å². The van der Waals surface area contributed by atoms with E-state index in [0.29, 0.717) is 5.92 Å². The molecule has 0 radical (unpaired) electrons. The van der Waals surface area contributed by atoms with Gasteiger partial charge in [0.15, 0.2) is 0 Å². The summed E-state index contributed by atoms with van der Waals surface area (Å²) in [6, 6.07) is 7.50. The van der Waals surface area contributed by atoms with Crippen LogP contribution in [-0.2, 0) is 0 Å². The minimum absolute atomic E-state index is 0.600. The molecule has 2 rings (SSSR count). The van der Waals surface area contributed by atoms with Crippen molar-refractivity contribution in [2.75, 3.05) is 18.4 Å². The summed E-state index contributed by atoms with van der Waals surface area (Å²) in [6.45, 7) is 8.95. The molecule has 1 aromatic rings. The summed E-state index contributed by atoms with van der Waals surface area (Å²) >= 11 is 0. The van der Waals surface area contributed by atoms with Gasteiger partial charge in [-0.3, -0.25) is 0 Å². The van der Waals surface area contributed by atoms with Crippen molar-refractivity contribution in [3.05, 3.63) is 29.3 Å². The van der Waals surface area contributed by atoms with E-state index in [9.17, 15) is 0 Å². The number of hydrogen-bond donors (Lipinski definition) is 2. The maximum atomic E-state index is 3.60. The monoisotopic (exact) mass is 246 g/mol. The Bertz CT molecular complexity index is 379. The molecule has 18 heavy (non-hydrogen) atoms. The topological polar surface area (TPSA) is 24.1 Å². The molecule has 0 aromatic heterocycles. The Morgan fingerprint density at radius 3 is 2.89 bits per heavy atom. The van der Waals surface area contributed by atoms with Gasteiger partial charge in [-0.2, -0.15) is 0 Å². The molecule has 1 aromatic carbocycles. The van der Waals surface area contributed by atoms with Crippen LogP contribution in [0, 0.1) is 6.92 Å². The highest BCUT2D eigenvalue weighted by Crippen LogP contribution is 2.22. The molecule has 0 spiro atoms. The average molecular weight is 246 g/mol. The molecule has 1 aliphatic heterocycles. The second-order valence-corrected chi connectivity index (χ2v) is 5.74. The van der Waals surface area contributed by atoms with Crippen LogP contribution in [0.25, 0.3) is 0 Å². The zero-order valence-corrected chi connectivity index (χ0v) is 11.9. The molecule has 1 heterocycles. The van der Waals surface area contributed by atoms with Crippen LogP contribution in [0.3, 0.4) is 0 Å². The largest absolute Gasteiger partial charge is 0.385 e. The number of nitrogens with one attached hydrogen (secondary N) is 2. The number of rotatable bonds is 5. The minimum atomic E-state index is 0.600. The molecule has 1 unspecified atom stereocenters. The predicted octanol–water partition coefficient (Wildman–Crippen LogP) is 3.67. The maximum absolute atomic E-state index is 3.60. The predicted molar refractivity (Wildman–Crippen MR) is 79.4 cm³/mol. The van der Waals surface area contributed by atoms with Crippen molar-refractivity contribution in [1.29, 1.82) is 0 Å². The van der Waals surface area contributed by atoms with E-state index in [0.717, 1.165) is 12.6 Å². The molecule has 0 bridgehead atoms. The Kier molecular flexibility index (Phi) is 4.65. The van der Waals surface area contributed by atoms with Crippen LogP contribution in [0.15, 0.2) is 18.2 Å². The molecule has 1 fully saturated rings. The quantitative estimate of drug-likeness (QED) is 0.828. The molecule has 0 saturated carbocycles. The summed E-state index contributed by atoms with van der Waals surface area (Å²) in [7, 11) is 0. The number of hydrogen-bond acceptors (Lipinski definition) is 2. The molecule has 1 aliphatic rings. The molecule has 2 nitrogen and oxygen atoms in total. The van der Waals surface area contributed by atoms with Crippen LogP contribution in [-0.4, -0.2) is 19.1 Å². The number of benzene rings is 1. The molecule has 0 amide bonds. The first-order valence-corrected chi connectivity index (χ1v) is 7.24. The third-order valence-corrected chi connectivity index (χ3v) is 3.90. The molecular formula is C16H26N2. The van der Waals surface area contributed by atoms with E-state index in [1.54, 1.807) is 0 Å². The van der Waals surface area contributed by atoms with E-state index in [-0.39, 0.29) is 0 Å². The van der Waals surface area contributed by atoms with Gasteiger partial charge in [0.25, 0.3) is 0 Å². The number of anilines is 1. The van der Waals surface area contributed by atoms with Gasteiger partial charge < -0.3 is 10.6 Å². The summed E-state index contributed by atoms with van der Waals surface area (Å²) < 4.78 is 0. The Labute approximate surface area is 111 Å². The Hall–Kier alpha value is -1.02. The lowest BCUT2D eigenvalue weighted by atomic mass is 10.0. The minimum Gasteiger partial charge on any atom is -0.385 e. The fraction of sp³-hybridized carbons (Fsp3) is 0.625. The molecule has 100 valence electrons. The lowest BCUT2D eigenvalue weighted by Crippen LogP contribution is -2.24. The van der Waals surface area contributed by atoms with Gasteiger partial charge in [-0.15, -0.1) is 0 Å². The fourth-order valence-electron chi connectivity index (χ4n) is 2.57. The van der Waals surface area contributed by atoms with Crippen LogP contribution >= 0.6 is 0 Å². The summed E-state index contributed by atoms with van der Waals surface area (Å²) in [5.74, 6) is 0.600. The maximum Gasteiger partial charge on any atom is 0.0372 e. The van der Waals surface area contributed by atoms with Gasteiger partial charge in [0, 0.05) is 18.3 Å². The van der Waals surface area contributed by atoms with Crippen LogP contribution in [0.4, 0.5) is 5.69 Å². The summed E-state index contributed by atoms with van der Waals surface area (Å²) in [5, 5.41) is 7.14. The Morgan fingerprint density at radius 1 is 1.39 bits per heavy atom. The molecule has 0 aliphatic carbocycles. The van der Waals surface area contributed by atoms with Gasteiger partial charge in [-0.1, -0.05) is 26.0 Å². The second kappa shape index (κ2) is 6.24. The van der Waals surface area contributed by atoms with Crippen LogP contribution in [0.5, 0.6) is 0 Å². The van der Waals surface area contributed by atoms with Crippen molar-refractivity contribution in [3.8, 4) is 0 Å². The van der Waals surface area contributed by atoms with Crippen molar-refractivity contribution in [2.45, 2.75) is 52.0 Å². The van der Waals surface area contributed by atoms with Gasteiger partial charge in [0.1, 0.15) is 0 Å². The standard InChI is InChI=1S/C16H26N2/c1-12(2)14-7-6-13(3)16(11-14)18-10-8-15-5-4-9-17-15/h6-7,11-12,15,17-18H,4-5,8-10H2,1-3H3. The van der Waals surface area contributed by atoms with Gasteiger partial charge >= 0.3 is 0 Å². The van der Waals surface area contributed by atoms with Crippen LogP contribution < -0.4 is 10.6 Å². The second-order valence-electron chi connectivity index (χ2n) is 5.74. The highest BCUT2D eigenvalue weighted by atomic mass is 15.0. The van der Waals surface area contributed by atoms with Crippen LogP contribution in [0.2, 0.25) is 0 Å². The Morgan fingerprint density at radius 2 is 2.22 bits per heavy atom. The van der Waals surface area contributed by atoms with Gasteiger partial charge in [-0.05, 0) is 55.8 Å². The van der Waals surface area contributed by atoms with E-state index in [1.165, 1.54) is 42.6 Å². The van der Waals surface area contributed by atoms with Crippen molar-refractivity contribution >= 4 is 5.69 Å². The molecule has 2 N–H and O–H groups in total. The van der Waals surface area contributed by atoms with Crippen molar-refractivity contribution in [2.24, 2.45) is 0 Å². The van der Waals surface area contributed by atoms with E-state index in [2.05, 4.69) is 49.6 Å². The highest BCUT2D eigenvalue weighted by Gasteiger charge is 2.13. The summed E-state index contributed by atoms with van der Waals surface area (Å²) in [6.07, 6.45) is 3.91. The van der Waals surface area contributed by atoms with E-state index < -0.39 is 0 Å². The van der Waals surface area contributed by atoms with Gasteiger partial charge in [0.05, 0.1) is 0 Å². The highest BCUT2D eigenvalue weighted by molar-refractivity contribution is 5.53. The molecule has 1 saturated heterocycles. The first-order valence-electron chi connectivity index (χ1n) is 7.24. The lowest BCUT2D eigenvalue weighted by molar-refractivity contribution is 0.574. The zero-order valence-electron chi connectivity index (χ0n) is 11.9. The summed E-state index contributed by atoms with van der Waals surface area (Å²) in [4.78, 5) is 0. The third-order valence-electron chi connectivity index (χ3n) is 3.90. The van der Waals surface area contributed by atoms with Crippen LogP contribution in [0.1, 0.15) is 50.2 Å². The van der Waals surface area contributed by atoms with Crippen molar-refractivity contribution in [1.82, 2.24) is 5.32 Å². The normalized spacial score (nSPS) is 19.4.